The Hall–Kier alpha value is -1.32. The van der Waals surface area contributed by atoms with Gasteiger partial charge in [0.1, 0.15) is 6.10 Å². The zero-order valence-corrected chi connectivity index (χ0v) is 9.72. The SMILES string of the molecule is Cn1cnc(C(O)Cc2cccc(Cl)c2)c1. The standard InChI is InChI=1S/C12H13ClN2O/c1-15-7-11(14-8-15)12(16)6-9-3-2-4-10(13)5-9/h2-5,7-8,12,16H,6H2,1H3. The van der Waals surface area contributed by atoms with Crippen LogP contribution in [0.25, 0.3) is 0 Å². The number of nitrogens with zero attached hydrogens (tertiary/aromatic N) is 2. The van der Waals surface area contributed by atoms with Gasteiger partial charge in [0, 0.05) is 24.7 Å². The Balaban J connectivity index is 2.10. The number of aryl methyl sites for hydroxylation is 1. The van der Waals surface area contributed by atoms with Gasteiger partial charge in [-0.2, -0.15) is 0 Å². The number of hydrogen-bond donors (Lipinski definition) is 1. The Morgan fingerprint density at radius 1 is 1.50 bits per heavy atom. The number of rotatable bonds is 3. The maximum Gasteiger partial charge on any atom is 0.101 e. The minimum Gasteiger partial charge on any atom is -0.386 e. The average molecular weight is 237 g/mol. The van der Waals surface area contributed by atoms with Gasteiger partial charge in [0.15, 0.2) is 0 Å². The molecule has 84 valence electrons. The van der Waals surface area contributed by atoms with Crippen LogP contribution < -0.4 is 0 Å². The zero-order chi connectivity index (χ0) is 11.5. The number of benzene rings is 1. The van der Waals surface area contributed by atoms with Gasteiger partial charge in [-0.1, -0.05) is 23.7 Å². The van der Waals surface area contributed by atoms with Crippen LogP contribution in [0.1, 0.15) is 17.4 Å². The van der Waals surface area contributed by atoms with Crippen LogP contribution in [-0.4, -0.2) is 14.7 Å². The molecule has 1 N–H and O–H groups in total. The molecule has 0 aliphatic carbocycles. The van der Waals surface area contributed by atoms with E-state index >= 15 is 0 Å². The highest BCUT2D eigenvalue weighted by Gasteiger charge is 2.11. The van der Waals surface area contributed by atoms with Crippen molar-refractivity contribution in [2.75, 3.05) is 0 Å². The molecule has 2 rings (SSSR count). The number of aliphatic hydroxyl groups is 1. The molecule has 2 aromatic rings. The molecule has 0 saturated carbocycles. The molecule has 0 saturated heterocycles. The van der Waals surface area contributed by atoms with E-state index in [-0.39, 0.29) is 0 Å². The van der Waals surface area contributed by atoms with E-state index < -0.39 is 6.10 Å². The molecule has 0 aliphatic heterocycles. The first-order valence-electron chi connectivity index (χ1n) is 5.05. The Bertz CT molecular complexity index is 481. The Morgan fingerprint density at radius 2 is 2.31 bits per heavy atom. The van der Waals surface area contributed by atoms with Gasteiger partial charge >= 0.3 is 0 Å². The molecular weight excluding hydrogens is 224 g/mol. The van der Waals surface area contributed by atoms with Crippen molar-refractivity contribution in [1.82, 2.24) is 9.55 Å². The molecule has 3 nitrogen and oxygen atoms in total. The third kappa shape index (κ3) is 2.62. The fourth-order valence-corrected chi connectivity index (χ4v) is 1.81. The summed E-state index contributed by atoms with van der Waals surface area (Å²) in [7, 11) is 1.88. The van der Waals surface area contributed by atoms with Gasteiger partial charge in [-0.3, -0.25) is 0 Å². The van der Waals surface area contributed by atoms with Gasteiger partial charge in [-0.05, 0) is 17.7 Å². The van der Waals surface area contributed by atoms with Gasteiger partial charge in [0.25, 0.3) is 0 Å². The summed E-state index contributed by atoms with van der Waals surface area (Å²) in [4.78, 5) is 4.11. The third-order valence-electron chi connectivity index (χ3n) is 2.38. The van der Waals surface area contributed by atoms with Gasteiger partial charge in [0.2, 0.25) is 0 Å². The fourth-order valence-electron chi connectivity index (χ4n) is 1.60. The largest absolute Gasteiger partial charge is 0.386 e. The molecular formula is C12H13ClN2O. The van der Waals surface area contributed by atoms with E-state index in [0.717, 1.165) is 5.56 Å². The van der Waals surface area contributed by atoms with Gasteiger partial charge in [-0.15, -0.1) is 0 Å². The molecule has 0 bridgehead atoms. The molecule has 0 aliphatic rings. The van der Waals surface area contributed by atoms with Crippen LogP contribution in [0.3, 0.4) is 0 Å². The molecule has 1 heterocycles. The maximum atomic E-state index is 9.96. The number of halogens is 1. The molecule has 0 spiro atoms. The van der Waals surface area contributed by atoms with Crippen LogP contribution in [0.2, 0.25) is 5.02 Å². The van der Waals surface area contributed by atoms with Crippen molar-refractivity contribution in [1.29, 1.82) is 0 Å². The van der Waals surface area contributed by atoms with Gasteiger partial charge in [0.05, 0.1) is 12.0 Å². The highest BCUT2D eigenvalue weighted by molar-refractivity contribution is 6.30. The molecule has 0 radical (unpaired) electrons. The Labute approximate surface area is 99.3 Å². The first-order valence-corrected chi connectivity index (χ1v) is 5.43. The summed E-state index contributed by atoms with van der Waals surface area (Å²) in [6.07, 6.45) is 3.43. The Morgan fingerprint density at radius 3 is 2.94 bits per heavy atom. The van der Waals surface area contributed by atoms with Crippen molar-refractivity contribution in [2.24, 2.45) is 7.05 Å². The van der Waals surface area contributed by atoms with Gasteiger partial charge in [-0.25, -0.2) is 4.98 Å². The van der Waals surface area contributed by atoms with Crippen molar-refractivity contribution >= 4 is 11.6 Å². The summed E-state index contributed by atoms with van der Waals surface area (Å²) in [5.74, 6) is 0. The lowest BCUT2D eigenvalue weighted by atomic mass is 10.1. The summed E-state index contributed by atoms with van der Waals surface area (Å²) in [6.45, 7) is 0. The Kier molecular flexibility index (Phi) is 3.27. The van der Waals surface area contributed by atoms with Crippen LogP contribution in [0.5, 0.6) is 0 Å². The normalized spacial score (nSPS) is 12.7. The molecule has 0 amide bonds. The lowest BCUT2D eigenvalue weighted by molar-refractivity contribution is 0.174. The van der Waals surface area contributed by atoms with Crippen molar-refractivity contribution in [3.05, 3.63) is 53.1 Å². The predicted molar refractivity (Wildman–Crippen MR) is 63.3 cm³/mol. The minimum atomic E-state index is -0.584. The topological polar surface area (TPSA) is 38.0 Å². The number of hydrogen-bond acceptors (Lipinski definition) is 2. The molecule has 1 atom stereocenters. The van der Waals surface area contributed by atoms with E-state index in [4.69, 9.17) is 11.6 Å². The van der Waals surface area contributed by atoms with E-state index in [0.29, 0.717) is 17.1 Å². The van der Waals surface area contributed by atoms with Crippen LogP contribution in [0.4, 0.5) is 0 Å². The number of aromatic nitrogens is 2. The maximum absolute atomic E-state index is 9.96. The summed E-state index contributed by atoms with van der Waals surface area (Å²) in [5.41, 5.74) is 1.69. The van der Waals surface area contributed by atoms with E-state index in [1.165, 1.54) is 0 Å². The van der Waals surface area contributed by atoms with Crippen molar-refractivity contribution in [2.45, 2.75) is 12.5 Å². The molecule has 4 heteroatoms. The first-order chi connectivity index (χ1) is 7.65. The van der Waals surface area contributed by atoms with E-state index in [1.54, 1.807) is 6.33 Å². The van der Waals surface area contributed by atoms with E-state index in [9.17, 15) is 5.11 Å². The van der Waals surface area contributed by atoms with Crippen molar-refractivity contribution in [3.8, 4) is 0 Å². The number of imidazole rings is 1. The lowest BCUT2D eigenvalue weighted by Crippen LogP contribution is -2.02. The second kappa shape index (κ2) is 4.68. The summed E-state index contributed by atoms with van der Waals surface area (Å²) >= 11 is 5.88. The fraction of sp³-hybridized carbons (Fsp3) is 0.250. The smallest absolute Gasteiger partial charge is 0.101 e. The van der Waals surface area contributed by atoms with Crippen LogP contribution in [0, 0.1) is 0 Å². The average Bonchev–Trinajstić information content (AvgIpc) is 2.65. The quantitative estimate of drug-likeness (QED) is 0.889. The molecule has 0 fully saturated rings. The monoisotopic (exact) mass is 236 g/mol. The third-order valence-corrected chi connectivity index (χ3v) is 2.62. The summed E-state index contributed by atoms with van der Waals surface area (Å²) < 4.78 is 1.82. The highest BCUT2D eigenvalue weighted by atomic mass is 35.5. The van der Waals surface area contributed by atoms with Crippen LogP contribution in [0.15, 0.2) is 36.8 Å². The number of aliphatic hydroxyl groups excluding tert-OH is 1. The van der Waals surface area contributed by atoms with Gasteiger partial charge < -0.3 is 9.67 Å². The summed E-state index contributed by atoms with van der Waals surface area (Å²) in [5, 5.41) is 10.6. The van der Waals surface area contributed by atoms with Crippen molar-refractivity contribution < 1.29 is 5.11 Å². The zero-order valence-electron chi connectivity index (χ0n) is 8.97. The molecule has 1 aromatic heterocycles. The lowest BCUT2D eigenvalue weighted by Gasteiger charge is -2.07. The van der Waals surface area contributed by atoms with Crippen molar-refractivity contribution in [3.63, 3.8) is 0 Å². The van der Waals surface area contributed by atoms with E-state index in [1.807, 2.05) is 42.1 Å². The first kappa shape index (κ1) is 11.2. The second-order valence-corrected chi connectivity index (χ2v) is 4.25. The highest BCUT2D eigenvalue weighted by Crippen LogP contribution is 2.18. The summed E-state index contributed by atoms with van der Waals surface area (Å²) in [6, 6.07) is 7.49. The van der Waals surface area contributed by atoms with Crippen LogP contribution in [-0.2, 0) is 13.5 Å². The van der Waals surface area contributed by atoms with Crippen LogP contribution >= 0.6 is 11.6 Å². The predicted octanol–water partition coefficient (Wildman–Crippen LogP) is 2.35. The molecule has 1 unspecified atom stereocenters. The minimum absolute atomic E-state index is 0.525. The molecule has 16 heavy (non-hydrogen) atoms. The van der Waals surface area contributed by atoms with E-state index in [2.05, 4.69) is 4.98 Å². The second-order valence-electron chi connectivity index (χ2n) is 3.81. The molecule has 1 aromatic carbocycles.